The minimum Gasteiger partial charge on any atom is -0.485 e. The fraction of sp³-hybridized carbons (Fsp3) is 0.312. The van der Waals surface area contributed by atoms with Crippen molar-refractivity contribution >= 4 is 34.8 Å². The van der Waals surface area contributed by atoms with Gasteiger partial charge in [0.2, 0.25) is 5.78 Å². The highest BCUT2D eigenvalue weighted by Gasteiger charge is 2.21. The van der Waals surface area contributed by atoms with Crippen molar-refractivity contribution in [3.8, 4) is 5.75 Å². The van der Waals surface area contributed by atoms with Crippen LogP contribution in [0.25, 0.3) is 0 Å². The van der Waals surface area contributed by atoms with E-state index in [9.17, 15) is 14.4 Å². The fourth-order valence-electron chi connectivity index (χ4n) is 2.27. The van der Waals surface area contributed by atoms with Crippen molar-refractivity contribution in [3.05, 3.63) is 54.6 Å². The summed E-state index contributed by atoms with van der Waals surface area (Å²) in [6.45, 7) is 1.72. The maximum atomic E-state index is 12.4. The van der Waals surface area contributed by atoms with E-state index in [1.165, 1.54) is 23.7 Å². The lowest BCUT2D eigenvalue weighted by Gasteiger charge is -2.14. The van der Waals surface area contributed by atoms with E-state index >= 15 is 0 Å². The zero-order chi connectivity index (χ0) is 18.7. The second kappa shape index (κ2) is 7.76. The van der Waals surface area contributed by atoms with Gasteiger partial charge in [-0.3, -0.25) is 18.7 Å². The number of carbonyl (C=O) groups excluding carboxylic acids is 1. The van der Waals surface area contributed by atoms with Gasteiger partial charge in [-0.25, -0.2) is 4.79 Å². The number of ketones is 1. The van der Waals surface area contributed by atoms with Gasteiger partial charge in [-0.05, 0) is 18.6 Å². The average molecular weight is 386 g/mol. The maximum absolute atomic E-state index is 12.4. The van der Waals surface area contributed by atoms with Gasteiger partial charge in [0.1, 0.15) is 17.1 Å². The van der Waals surface area contributed by atoms with E-state index in [1.807, 2.05) is 6.92 Å². The molecule has 0 unspecified atom stereocenters. The second-order valence-electron chi connectivity index (χ2n) is 5.35. The van der Waals surface area contributed by atoms with Crippen LogP contribution in [0.3, 0.4) is 0 Å². The summed E-state index contributed by atoms with van der Waals surface area (Å²) in [7, 11) is 1.30. The van der Waals surface area contributed by atoms with Crippen molar-refractivity contribution in [2.75, 3.05) is 12.3 Å². The Kier molecular flexibility index (Phi) is 5.92. The number of Topliss-reactive ketones (excluding diaryl/α,β-unsaturated/α-hetero) is 1. The molecular formula is C16H17Cl2N3O4. The number of rotatable bonds is 6. The lowest BCUT2D eigenvalue weighted by atomic mass is 10.2. The van der Waals surface area contributed by atoms with E-state index in [4.69, 9.17) is 33.7 Å². The van der Waals surface area contributed by atoms with Crippen molar-refractivity contribution in [1.82, 2.24) is 9.13 Å². The smallest absolute Gasteiger partial charge is 0.332 e. The predicted molar refractivity (Wildman–Crippen MR) is 96.9 cm³/mol. The van der Waals surface area contributed by atoms with Crippen LogP contribution in [0.1, 0.15) is 23.7 Å². The summed E-state index contributed by atoms with van der Waals surface area (Å²) in [5, 5.41) is 0.628. The SMILES string of the molecule is CCCn1c(N)c(C(=O)COc2ccc(Cl)c(Cl)c2)c(=O)n(C)c1=O. The Hall–Kier alpha value is -2.25. The third kappa shape index (κ3) is 3.88. The molecule has 0 aliphatic carbocycles. The van der Waals surface area contributed by atoms with Crippen LogP contribution in [-0.2, 0) is 13.6 Å². The summed E-state index contributed by atoms with van der Waals surface area (Å²) < 4.78 is 7.42. The van der Waals surface area contributed by atoms with Gasteiger partial charge in [0.15, 0.2) is 6.61 Å². The van der Waals surface area contributed by atoms with Gasteiger partial charge in [0, 0.05) is 19.7 Å². The quantitative estimate of drug-likeness (QED) is 0.768. The molecule has 0 spiro atoms. The highest BCUT2D eigenvalue weighted by molar-refractivity contribution is 6.42. The summed E-state index contributed by atoms with van der Waals surface area (Å²) in [5.74, 6) is -0.466. The van der Waals surface area contributed by atoms with Gasteiger partial charge in [-0.1, -0.05) is 30.1 Å². The topological polar surface area (TPSA) is 96.3 Å². The van der Waals surface area contributed by atoms with Crippen LogP contribution in [0.2, 0.25) is 10.0 Å². The van der Waals surface area contributed by atoms with Crippen LogP contribution in [-0.4, -0.2) is 21.5 Å². The molecule has 9 heteroatoms. The fourth-order valence-corrected chi connectivity index (χ4v) is 2.56. The first-order valence-electron chi connectivity index (χ1n) is 7.48. The molecule has 134 valence electrons. The Morgan fingerprint density at radius 2 is 1.92 bits per heavy atom. The first-order valence-corrected chi connectivity index (χ1v) is 8.23. The summed E-state index contributed by atoms with van der Waals surface area (Å²) in [5.41, 5.74) is 4.30. The van der Waals surface area contributed by atoms with E-state index in [-0.39, 0.29) is 16.4 Å². The standard InChI is InChI=1S/C16H17Cl2N3O4/c1-3-6-21-14(19)13(15(23)20(2)16(21)24)12(22)8-25-9-4-5-10(17)11(18)7-9/h4-5,7H,3,6,8,19H2,1-2H3. The highest BCUT2D eigenvalue weighted by atomic mass is 35.5. The molecule has 2 aromatic rings. The number of aromatic nitrogens is 2. The second-order valence-corrected chi connectivity index (χ2v) is 6.16. The number of carbonyl (C=O) groups is 1. The van der Waals surface area contributed by atoms with Crippen molar-refractivity contribution < 1.29 is 9.53 Å². The molecule has 0 atom stereocenters. The van der Waals surface area contributed by atoms with Crippen molar-refractivity contribution in [3.63, 3.8) is 0 Å². The number of hydrogen-bond acceptors (Lipinski definition) is 5. The zero-order valence-electron chi connectivity index (χ0n) is 13.7. The van der Waals surface area contributed by atoms with Crippen molar-refractivity contribution in [1.29, 1.82) is 0 Å². The Morgan fingerprint density at radius 3 is 2.52 bits per heavy atom. The number of hydrogen-bond donors (Lipinski definition) is 1. The minimum absolute atomic E-state index is 0.155. The normalized spacial score (nSPS) is 10.7. The minimum atomic E-state index is -0.752. The third-order valence-electron chi connectivity index (χ3n) is 3.57. The van der Waals surface area contributed by atoms with Crippen LogP contribution in [0.4, 0.5) is 5.82 Å². The number of benzene rings is 1. The summed E-state index contributed by atoms with van der Waals surface area (Å²) >= 11 is 11.7. The number of nitrogens with two attached hydrogens (primary N) is 1. The molecule has 2 rings (SSSR count). The Labute approximate surface area is 153 Å². The molecule has 0 amide bonds. The van der Waals surface area contributed by atoms with E-state index in [1.54, 1.807) is 6.07 Å². The van der Waals surface area contributed by atoms with E-state index in [0.717, 1.165) is 4.57 Å². The van der Waals surface area contributed by atoms with Crippen LogP contribution >= 0.6 is 23.2 Å². The number of anilines is 1. The molecule has 1 aromatic heterocycles. The maximum Gasteiger partial charge on any atom is 0.332 e. The summed E-state index contributed by atoms with van der Waals surface area (Å²) in [6, 6.07) is 4.52. The molecule has 0 aliphatic heterocycles. The van der Waals surface area contributed by atoms with Gasteiger partial charge in [0.25, 0.3) is 5.56 Å². The first-order chi connectivity index (χ1) is 11.8. The van der Waals surface area contributed by atoms with E-state index in [0.29, 0.717) is 23.7 Å². The largest absolute Gasteiger partial charge is 0.485 e. The number of ether oxygens (including phenoxy) is 1. The third-order valence-corrected chi connectivity index (χ3v) is 4.31. The summed E-state index contributed by atoms with van der Waals surface area (Å²) in [4.78, 5) is 36.8. The molecule has 0 fully saturated rings. The van der Waals surface area contributed by atoms with E-state index in [2.05, 4.69) is 0 Å². The average Bonchev–Trinajstić information content (AvgIpc) is 2.58. The molecule has 0 saturated carbocycles. The van der Waals surface area contributed by atoms with Crippen LogP contribution < -0.4 is 21.7 Å². The Morgan fingerprint density at radius 1 is 1.24 bits per heavy atom. The lowest BCUT2D eigenvalue weighted by molar-refractivity contribution is 0.0919. The molecular weight excluding hydrogens is 369 g/mol. The predicted octanol–water partition coefficient (Wildman–Crippen LogP) is 2.11. The summed E-state index contributed by atoms with van der Waals surface area (Å²) in [6.07, 6.45) is 0.621. The molecule has 1 aromatic carbocycles. The Bertz CT molecular complexity index is 934. The number of nitrogens with zero attached hydrogens (tertiary/aromatic N) is 2. The number of halogens is 2. The Balaban J connectivity index is 2.34. The van der Waals surface area contributed by atoms with Crippen molar-refractivity contribution in [2.24, 2.45) is 7.05 Å². The number of nitrogen functional groups attached to an aromatic ring is 1. The van der Waals surface area contributed by atoms with Gasteiger partial charge in [0.05, 0.1) is 10.0 Å². The zero-order valence-corrected chi connectivity index (χ0v) is 15.2. The van der Waals surface area contributed by atoms with Gasteiger partial charge >= 0.3 is 5.69 Å². The molecule has 25 heavy (non-hydrogen) atoms. The molecule has 0 bridgehead atoms. The van der Waals surface area contributed by atoms with Crippen LogP contribution in [0, 0.1) is 0 Å². The van der Waals surface area contributed by atoms with Crippen LogP contribution in [0.5, 0.6) is 5.75 Å². The molecule has 1 heterocycles. The van der Waals surface area contributed by atoms with Crippen LogP contribution in [0.15, 0.2) is 27.8 Å². The monoisotopic (exact) mass is 385 g/mol. The van der Waals surface area contributed by atoms with Gasteiger partial charge < -0.3 is 10.5 Å². The molecule has 0 radical (unpaired) electrons. The van der Waals surface area contributed by atoms with Crippen molar-refractivity contribution in [2.45, 2.75) is 19.9 Å². The molecule has 0 saturated heterocycles. The lowest BCUT2D eigenvalue weighted by Crippen LogP contribution is -2.43. The molecule has 7 nitrogen and oxygen atoms in total. The molecule has 0 aliphatic rings. The molecule has 2 N–H and O–H groups in total. The van der Waals surface area contributed by atoms with Gasteiger partial charge in [-0.15, -0.1) is 0 Å². The first kappa shape index (κ1) is 19.1. The highest BCUT2D eigenvalue weighted by Crippen LogP contribution is 2.26. The van der Waals surface area contributed by atoms with E-state index < -0.39 is 23.6 Å². The van der Waals surface area contributed by atoms with Gasteiger partial charge in [-0.2, -0.15) is 0 Å².